The zero-order chi connectivity index (χ0) is 22.3. The van der Waals surface area contributed by atoms with Crippen molar-refractivity contribution in [2.75, 3.05) is 32.7 Å². The Morgan fingerprint density at radius 2 is 1.76 bits per heavy atom. The van der Waals surface area contributed by atoms with Crippen LogP contribution in [-0.2, 0) is 5.66 Å². The van der Waals surface area contributed by atoms with E-state index < -0.39 is 5.66 Å². The lowest BCUT2D eigenvalue weighted by atomic mass is 9.90. The normalized spacial score (nSPS) is 27.5. The van der Waals surface area contributed by atoms with Crippen LogP contribution in [0.15, 0.2) is 23.5 Å². The summed E-state index contributed by atoms with van der Waals surface area (Å²) in [6.07, 6.45) is 19.4. The first-order valence-corrected chi connectivity index (χ1v) is 13.2. The van der Waals surface area contributed by atoms with Crippen molar-refractivity contribution < 1.29 is 0 Å². The molecule has 3 aliphatic heterocycles. The van der Waals surface area contributed by atoms with E-state index in [1.807, 2.05) is 18.6 Å². The third-order valence-electron chi connectivity index (χ3n) is 8.30. The number of hydrogen-bond donors (Lipinski definition) is 0. The molecule has 4 aliphatic rings. The summed E-state index contributed by atoms with van der Waals surface area (Å²) in [5.41, 5.74) is 1.90. The fraction of sp³-hybridized carbons (Fsp3) is 0.680. The molecule has 5 heterocycles. The third kappa shape index (κ3) is 4.02. The summed E-state index contributed by atoms with van der Waals surface area (Å²) in [4.78, 5) is 24.3. The van der Waals surface area contributed by atoms with Gasteiger partial charge in [-0.3, -0.25) is 9.89 Å². The SMILES string of the molecule is Clc1nc(C2(N3CCC(CCN4CCCC4)CC3)C=CC=N2)c2ncn(C3CCCC3)c2n1. The maximum atomic E-state index is 6.50. The van der Waals surface area contributed by atoms with Gasteiger partial charge in [0, 0.05) is 25.3 Å². The summed E-state index contributed by atoms with van der Waals surface area (Å²) in [5.74, 6) is 0.795. The minimum absolute atomic E-state index is 0.285. The number of rotatable bonds is 6. The largest absolute Gasteiger partial charge is 0.312 e. The second kappa shape index (κ2) is 9.08. The van der Waals surface area contributed by atoms with Crippen LogP contribution >= 0.6 is 11.6 Å². The first-order valence-electron chi connectivity index (χ1n) is 12.8. The number of aliphatic imine (C=N–C) groups is 1. The number of imidazole rings is 1. The van der Waals surface area contributed by atoms with E-state index in [4.69, 9.17) is 26.6 Å². The van der Waals surface area contributed by atoms with Crippen molar-refractivity contribution in [2.45, 2.75) is 69.5 Å². The van der Waals surface area contributed by atoms with Gasteiger partial charge in [0.05, 0.1) is 6.33 Å². The van der Waals surface area contributed by atoms with Gasteiger partial charge >= 0.3 is 0 Å². The van der Waals surface area contributed by atoms with Crippen molar-refractivity contribution in [3.8, 4) is 0 Å². The van der Waals surface area contributed by atoms with Crippen LogP contribution in [0.2, 0.25) is 5.28 Å². The molecule has 8 heteroatoms. The van der Waals surface area contributed by atoms with Gasteiger partial charge in [-0.2, -0.15) is 4.98 Å². The first kappa shape index (κ1) is 21.7. The Hall–Kier alpha value is -1.83. The van der Waals surface area contributed by atoms with Crippen LogP contribution in [0.3, 0.4) is 0 Å². The molecule has 0 spiro atoms. The van der Waals surface area contributed by atoms with Crippen LogP contribution in [0.5, 0.6) is 0 Å². The van der Waals surface area contributed by atoms with Gasteiger partial charge in [0.1, 0.15) is 11.2 Å². The number of hydrogen-bond acceptors (Lipinski definition) is 6. The van der Waals surface area contributed by atoms with Gasteiger partial charge in [0.25, 0.3) is 0 Å². The van der Waals surface area contributed by atoms with Crippen LogP contribution in [-0.4, -0.2) is 68.3 Å². The van der Waals surface area contributed by atoms with Crippen LogP contribution < -0.4 is 0 Å². The molecule has 7 nitrogen and oxygen atoms in total. The standard InChI is InChI=1S/C25H34ClN7/c26-24-29-22(21-23(30-24)33(18-27-21)20-6-1-2-7-20)25(11-5-12-28-25)32-16-9-19(10-17-32)8-15-31-13-3-4-14-31/h5,11-12,18-20H,1-4,6-10,13-17H2. The van der Waals surface area contributed by atoms with E-state index in [0.29, 0.717) is 6.04 Å². The highest BCUT2D eigenvalue weighted by molar-refractivity contribution is 6.28. The Bertz CT molecular complexity index is 1030. The molecular weight excluding hydrogens is 434 g/mol. The smallest absolute Gasteiger partial charge is 0.224 e. The molecule has 2 saturated heterocycles. The fourth-order valence-electron chi connectivity index (χ4n) is 6.38. The number of halogens is 1. The zero-order valence-corrected chi connectivity index (χ0v) is 20.1. The average molecular weight is 468 g/mol. The van der Waals surface area contributed by atoms with Crippen molar-refractivity contribution >= 4 is 29.0 Å². The van der Waals surface area contributed by atoms with Crippen molar-refractivity contribution in [3.05, 3.63) is 29.5 Å². The predicted octanol–water partition coefficient (Wildman–Crippen LogP) is 4.59. The highest BCUT2D eigenvalue weighted by Crippen LogP contribution is 2.41. The molecular formula is C25H34ClN7. The Labute approximate surface area is 200 Å². The van der Waals surface area contributed by atoms with E-state index in [1.54, 1.807) is 0 Å². The highest BCUT2D eigenvalue weighted by Gasteiger charge is 2.43. The molecule has 3 fully saturated rings. The van der Waals surface area contributed by atoms with Crippen molar-refractivity contribution in [2.24, 2.45) is 10.9 Å². The molecule has 1 saturated carbocycles. The lowest BCUT2D eigenvalue weighted by Gasteiger charge is -2.41. The zero-order valence-electron chi connectivity index (χ0n) is 19.4. The average Bonchev–Trinajstić information content (AvgIpc) is 3.64. The van der Waals surface area contributed by atoms with E-state index in [2.05, 4.69) is 25.4 Å². The van der Waals surface area contributed by atoms with Gasteiger partial charge in [-0.05, 0) is 94.3 Å². The quantitative estimate of drug-likeness (QED) is 0.581. The summed E-state index contributed by atoms with van der Waals surface area (Å²) in [5, 5.41) is 0.285. The summed E-state index contributed by atoms with van der Waals surface area (Å²) in [6.45, 7) is 5.87. The molecule has 0 radical (unpaired) electrons. The second-order valence-corrected chi connectivity index (χ2v) is 10.6. The van der Waals surface area contributed by atoms with Gasteiger partial charge in [-0.15, -0.1) is 0 Å². The Morgan fingerprint density at radius 3 is 2.48 bits per heavy atom. The van der Waals surface area contributed by atoms with Crippen LogP contribution in [0.25, 0.3) is 11.2 Å². The Balaban J connectivity index is 1.26. The number of likely N-dealkylation sites (tertiary alicyclic amines) is 2. The van der Waals surface area contributed by atoms with Gasteiger partial charge in [-0.1, -0.05) is 12.8 Å². The van der Waals surface area contributed by atoms with E-state index in [-0.39, 0.29) is 5.28 Å². The maximum Gasteiger partial charge on any atom is 0.224 e. The third-order valence-corrected chi connectivity index (χ3v) is 8.46. The van der Waals surface area contributed by atoms with Gasteiger partial charge in [0.2, 0.25) is 5.28 Å². The lowest BCUT2D eigenvalue weighted by Crippen LogP contribution is -2.48. The number of piperidine rings is 1. The highest BCUT2D eigenvalue weighted by atomic mass is 35.5. The number of nitrogens with zero attached hydrogens (tertiary/aromatic N) is 7. The van der Waals surface area contributed by atoms with Crippen LogP contribution in [0.4, 0.5) is 0 Å². The van der Waals surface area contributed by atoms with Crippen molar-refractivity contribution in [3.63, 3.8) is 0 Å². The lowest BCUT2D eigenvalue weighted by molar-refractivity contribution is 0.0816. The van der Waals surface area contributed by atoms with Crippen molar-refractivity contribution in [1.82, 2.24) is 29.3 Å². The molecule has 2 aromatic heterocycles. The van der Waals surface area contributed by atoms with E-state index in [9.17, 15) is 0 Å². The van der Waals surface area contributed by atoms with Crippen LogP contribution in [0.1, 0.15) is 69.5 Å². The summed E-state index contributed by atoms with van der Waals surface area (Å²) < 4.78 is 2.22. The molecule has 0 aromatic carbocycles. The molecule has 6 rings (SSSR count). The number of allylic oxidation sites excluding steroid dienone is 1. The molecule has 0 N–H and O–H groups in total. The molecule has 0 amide bonds. The van der Waals surface area contributed by atoms with E-state index in [0.717, 1.165) is 35.9 Å². The predicted molar refractivity (Wildman–Crippen MR) is 132 cm³/mol. The topological polar surface area (TPSA) is 62.4 Å². The molecule has 176 valence electrons. The molecule has 2 aromatic rings. The maximum absolute atomic E-state index is 6.50. The molecule has 1 unspecified atom stereocenters. The molecule has 0 bridgehead atoms. The molecule has 1 atom stereocenters. The van der Waals surface area contributed by atoms with Gasteiger partial charge < -0.3 is 9.47 Å². The fourth-order valence-corrected chi connectivity index (χ4v) is 6.55. The monoisotopic (exact) mass is 467 g/mol. The van der Waals surface area contributed by atoms with E-state index in [1.165, 1.54) is 77.4 Å². The van der Waals surface area contributed by atoms with Crippen LogP contribution in [0, 0.1) is 5.92 Å². The summed E-state index contributed by atoms with van der Waals surface area (Å²) in [7, 11) is 0. The van der Waals surface area contributed by atoms with Crippen molar-refractivity contribution in [1.29, 1.82) is 0 Å². The Kier molecular flexibility index (Phi) is 5.97. The van der Waals surface area contributed by atoms with Gasteiger partial charge in [0.15, 0.2) is 11.3 Å². The number of aromatic nitrogens is 4. The van der Waals surface area contributed by atoms with Gasteiger partial charge in [-0.25, -0.2) is 9.97 Å². The summed E-state index contributed by atoms with van der Waals surface area (Å²) in [6, 6.07) is 0.457. The minimum Gasteiger partial charge on any atom is -0.312 e. The summed E-state index contributed by atoms with van der Waals surface area (Å²) >= 11 is 6.50. The molecule has 1 aliphatic carbocycles. The Morgan fingerprint density at radius 1 is 0.970 bits per heavy atom. The number of fused-ring (bicyclic) bond motifs is 1. The second-order valence-electron chi connectivity index (χ2n) is 10.2. The first-order chi connectivity index (χ1) is 16.2. The minimum atomic E-state index is -0.625. The van der Waals surface area contributed by atoms with E-state index >= 15 is 0 Å². The molecule has 33 heavy (non-hydrogen) atoms.